The fraction of sp³-hybridized carbons (Fsp3) is 0.250. The summed E-state index contributed by atoms with van der Waals surface area (Å²) in [7, 11) is 0. The van der Waals surface area contributed by atoms with E-state index in [1.807, 2.05) is 49.4 Å². The molecule has 0 bridgehead atoms. The number of aryl methyl sites for hydroxylation is 1. The molecule has 2 heteroatoms. The minimum atomic E-state index is -0.114. The Bertz CT molecular complexity index is 638. The number of benzene rings is 2. The maximum absolute atomic E-state index is 11.9. The molecule has 0 aliphatic carbocycles. The van der Waals surface area contributed by atoms with Crippen molar-refractivity contribution in [2.24, 2.45) is 0 Å². The summed E-state index contributed by atoms with van der Waals surface area (Å²) in [6.45, 7) is 6.43. The predicted octanol–water partition coefficient (Wildman–Crippen LogP) is 5.16. The van der Waals surface area contributed by atoms with Crippen LogP contribution >= 0.6 is 0 Å². The van der Waals surface area contributed by atoms with Gasteiger partial charge in [0, 0.05) is 11.8 Å². The molecule has 1 unspecified atom stereocenters. The normalized spacial score (nSPS) is 12.3. The van der Waals surface area contributed by atoms with Gasteiger partial charge in [-0.15, -0.1) is 0 Å². The van der Waals surface area contributed by atoms with Crippen LogP contribution in [0.1, 0.15) is 42.9 Å². The highest BCUT2D eigenvalue weighted by Crippen LogP contribution is 2.20. The summed E-state index contributed by atoms with van der Waals surface area (Å²) in [5.74, 6) is 0.433. The Kier molecular flexibility index (Phi) is 5.54. The molecule has 0 saturated heterocycles. The van der Waals surface area contributed by atoms with Crippen molar-refractivity contribution in [2.75, 3.05) is 5.32 Å². The summed E-state index contributed by atoms with van der Waals surface area (Å²) in [6, 6.07) is 16.1. The molecule has 0 fully saturated rings. The second-order valence-corrected chi connectivity index (χ2v) is 5.66. The molecular formula is C20H23NO. The van der Waals surface area contributed by atoms with Gasteiger partial charge in [-0.2, -0.15) is 0 Å². The zero-order chi connectivity index (χ0) is 15.9. The maximum Gasteiger partial charge on any atom is 0.248 e. The lowest BCUT2D eigenvalue weighted by Gasteiger charge is -2.09. The van der Waals surface area contributed by atoms with E-state index >= 15 is 0 Å². The molecule has 2 nitrogen and oxygen atoms in total. The molecule has 2 rings (SSSR count). The molecule has 2 aromatic carbocycles. The maximum atomic E-state index is 11.9. The van der Waals surface area contributed by atoms with Crippen molar-refractivity contribution in [2.45, 2.75) is 33.1 Å². The summed E-state index contributed by atoms with van der Waals surface area (Å²) in [6.07, 6.45) is 4.50. The van der Waals surface area contributed by atoms with E-state index in [0.717, 1.165) is 17.7 Å². The lowest BCUT2D eigenvalue weighted by molar-refractivity contribution is -0.111. The number of nitrogens with one attached hydrogen (secondary N) is 1. The largest absolute Gasteiger partial charge is 0.323 e. The van der Waals surface area contributed by atoms with Gasteiger partial charge in [-0.3, -0.25) is 4.79 Å². The van der Waals surface area contributed by atoms with Crippen LogP contribution in [0.25, 0.3) is 6.08 Å². The quantitative estimate of drug-likeness (QED) is 0.758. The van der Waals surface area contributed by atoms with Gasteiger partial charge in [-0.25, -0.2) is 0 Å². The SMILES string of the molecule is CCC(C)c1ccc(NC(=O)/C=C/c2ccc(C)cc2)cc1. The molecule has 2 aromatic rings. The third-order valence-electron chi connectivity index (χ3n) is 3.86. The summed E-state index contributed by atoms with van der Waals surface area (Å²) in [5, 5.41) is 2.88. The Morgan fingerprint density at radius 3 is 2.32 bits per heavy atom. The van der Waals surface area contributed by atoms with Gasteiger partial charge in [0.25, 0.3) is 0 Å². The van der Waals surface area contributed by atoms with Crippen LogP contribution in [-0.4, -0.2) is 5.91 Å². The molecule has 0 heterocycles. The zero-order valence-corrected chi connectivity index (χ0v) is 13.5. The van der Waals surface area contributed by atoms with E-state index in [2.05, 4.69) is 31.3 Å². The van der Waals surface area contributed by atoms with Crippen LogP contribution < -0.4 is 5.32 Å². The first-order valence-electron chi connectivity index (χ1n) is 7.74. The van der Waals surface area contributed by atoms with Crippen LogP contribution in [0, 0.1) is 6.92 Å². The smallest absolute Gasteiger partial charge is 0.248 e. The van der Waals surface area contributed by atoms with Crippen molar-refractivity contribution in [1.82, 2.24) is 0 Å². The van der Waals surface area contributed by atoms with Crippen molar-refractivity contribution in [3.63, 3.8) is 0 Å². The molecule has 114 valence electrons. The molecule has 0 aromatic heterocycles. The first-order chi connectivity index (χ1) is 10.6. The van der Waals surface area contributed by atoms with Gasteiger partial charge >= 0.3 is 0 Å². The minimum absolute atomic E-state index is 0.114. The summed E-state index contributed by atoms with van der Waals surface area (Å²) >= 11 is 0. The average molecular weight is 293 g/mol. The highest BCUT2D eigenvalue weighted by atomic mass is 16.1. The van der Waals surface area contributed by atoms with E-state index in [-0.39, 0.29) is 5.91 Å². The highest BCUT2D eigenvalue weighted by molar-refractivity contribution is 6.01. The van der Waals surface area contributed by atoms with E-state index < -0.39 is 0 Å². The summed E-state index contributed by atoms with van der Waals surface area (Å²) < 4.78 is 0. The first-order valence-corrected chi connectivity index (χ1v) is 7.74. The third kappa shape index (κ3) is 4.59. The Balaban J connectivity index is 1.95. The molecule has 0 aliphatic heterocycles. The molecule has 0 radical (unpaired) electrons. The highest BCUT2D eigenvalue weighted by Gasteiger charge is 2.03. The fourth-order valence-corrected chi connectivity index (χ4v) is 2.16. The van der Waals surface area contributed by atoms with E-state index in [1.54, 1.807) is 6.08 Å². The van der Waals surface area contributed by atoms with E-state index in [1.165, 1.54) is 11.1 Å². The number of anilines is 1. The van der Waals surface area contributed by atoms with Crippen LogP contribution in [0.5, 0.6) is 0 Å². The van der Waals surface area contributed by atoms with Crippen LogP contribution in [0.3, 0.4) is 0 Å². The van der Waals surface area contributed by atoms with Crippen LogP contribution in [0.4, 0.5) is 5.69 Å². The molecule has 22 heavy (non-hydrogen) atoms. The van der Waals surface area contributed by atoms with Crippen LogP contribution in [-0.2, 0) is 4.79 Å². The van der Waals surface area contributed by atoms with E-state index in [4.69, 9.17) is 0 Å². The van der Waals surface area contributed by atoms with Crippen molar-refractivity contribution in [3.8, 4) is 0 Å². The Morgan fingerprint density at radius 1 is 1.09 bits per heavy atom. The average Bonchev–Trinajstić information content (AvgIpc) is 2.54. The second-order valence-electron chi connectivity index (χ2n) is 5.66. The topological polar surface area (TPSA) is 29.1 Å². The number of carbonyl (C=O) groups is 1. The number of hydrogen-bond donors (Lipinski definition) is 1. The summed E-state index contributed by atoms with van der Waals surface area (Å²) in [4.78, 5) is 11.9. The fourth-order valence-electron chi connectivity index (χ4n) is 2.16. The first kappa shape index (κ1) is 16.0. The summed E-state index contributed by atoms with van der Waals surface area (Å²) in [5.41, 5.74) is 4.36. The molecule has 0 aliphatic rings. The van der Waals surface area contributed by atoms with Gasteiger partial charge in [-0.05, 0) is 48.6 Å². The predicted molar refractivity (Wildman–Crippen MR) is 94.0 cm³/mol. The molecule has 0 spiro atoms. The standard InChI is InChI=1S/C20H23NO/c1-4-16(3)18-10-12-19(13-11-18)21-20(22)14-9-17-7-5-15(2)6-8-17/h5-14,16H,4H2,1-3H3,(H,21,22)/b14-9+. The second kappa shape index (κ2) is 7.60. The number of amides is 1. The minimum Gasteiger partial charge on any atom is -0.323 e. The lowest BCUT2D eigenvalue weighted by atomic mass is 9.99. The Hall–Kier alpha value is -2.35. The Labute approximate surface area is 132 Å². The van der Waals surface area contributed by atoms with Crippen molar-refractivity contribution in [3.05, 3.63) is 71.3 Å². The van der Waals surface area contributed by atoms with Gasteiger partial charge < -0.3 is 5.32 Å². The van der Waals surface area contributed by atoms with Gasteiger partial charge in [0.1, 0.15) is 0 Å². The Morgan fingerprint density at radius 2 is 1.73 bits per heavy atom. The van der Waals surface area contributed by atoms with Crippen LogP contribution in [0.15, 0.2) is 54.6 Å². The monoisotopic (exact) mass is 293 g/mol. The molecule has 1 amide bonds. The van der Waals surface area contributed by atoms with Gasteiger partial charge in [-0.1, -0.05) is 55.8 Å². The third-order valence-corrected chi connectivity index (χ3v) is 3.86. The molecule has 1 atom stereocenters. The van der Waals surface area contributed by atoms with E-state index in [0.29, 0.717) is 5.92 Å². The van der Waals surface area contributed by atoms with Gasteiger partial charge in [0.05, 0.1) is 0 Å². The van der Waals surface area contributed by atoms with Gasteiger partial charge in [0.2, 0.25) is 5.91 Å². The molecular weight excluding hydrogens is 270 g/mol. The lowest BCUT2D eigenvalue weighted by Crippen LogP contribution is -2.07. The van der Waals surface area contributed by atoms with Gasteiger partial charge in [0.15, 0.2) is 0 Å². The number of rotatable bonds is 5. The van der Waals surface area contributed by atoms with Crippen molar-refractivity contribution >= 4 is 17.7 Å². The zero-order valence-electron chi connectivity index (χ0n) is 13.5. The van der Waals surface area contributed by atoms with Crippen molar-refractivity contribution in [1.29, 1.82) is 0 Å². The molecule has 0 saturated carbocycles. The van der Waals surface area contributed by atoms with Crippen LogP contribution in [0.2, 0.25) is 0 Å². The molecule has 1 N–H and O–H groups in total. The van der Waals surface area contributed by atoms with E-state index in [9.17, 15) is 4.79 Å². The number of carbonyl (C=O) groups excluding carboxylic acids is 1. The number of hydrogen-bond acceptors (Lipinski definition) is 1. The van der Waals surface area contributed by atoms with Crippen molar-refractivity contribution < 1.29 is 4.79 Å².